The second kappa shape index (κ2) is 3.28. The smallest absolute Gasteiger partial charge is 0.0314 e. The predicted molar refractivity (Wildman–Crippen MR) is 69.7 cm³/mol. The molecule has 12 heavy (non-hydrogen) atoms. The van der Waals surface area contributed by atoms with Gasteiger partial charge < -0.3 is 5.73 Å². The van der Waals surface area contributed by atoms with E-state index in [1.165, 1.54) is 0 Å². The van der Waals surface area contributed by atoms with Crippen LogP contribution in [0.25, 0.3) is 0 Å². The van der Waals surface area contributed by atoms with Gasteiger partial charge in [-0.15, -0.1) is 0 Å². The third-order valence-corrected chi connectivity index (χ3v) is 5.79. The zero-order chi connectivity index (χ0) is 9.43. The monoisotopic (exact) mass is 357 g/mol. The van der Waals surface area contributed by atoms with Crippen LogP contribution in [0, 0.1) is 0 Å². The molecular weight excluding hydrogens is 351 g/mol. The summed E-state index contributed by atoms with van der Waals surface area (Å²) in [6, 6.07) is 6.93. The van der Waals surface area contributed by atoms with Crippen LogP contribution in [0.2, 0.25) is 0 Å². The Kier molecular flexibility index (Phi) is 3.02. The van der Waals surface area contributed by atoms with E-state index in [9.17, 15) is 0 Å². The number of rotatable bonds is 1. The molecule has 0 spiro atoms. The highest BCUT2D eigenvalue weighted by Gasteiger charge is 2.30. The highest BCUT2D eigenvalue weighted by atomic mass is 127. The Morgan fingerprint density at radius 3 is 1.83 bits per heavy atom. The highest BCUT2D eigenvalue weighted by molar-refractivity contribution is 14.2. The van der Waals surface area contributed by atoms with Crippen molar-refractivity contribution < 1.29 is 0 Å². The summed E-state index contributed by atoms with van der Waals surface area (Å²) in [6.07, 6.45) is 0. The summed E-state index contributed by atoms with van der Waals surface area (Å²) < 4.78 is -3.18. The SMILES string of the molecule is Nc1ccc([SH](Cl)(Cl)(Cl)I)cc1. The van der Waals surface area contributed by atoms with Gasteiger partial charge in [0.05, 0.1) is 0 Å². The van der Waals surface area contributed by atoms with Crippen molar-refractivity contribution in [3.05, 3.63) is 24.3 Å². The minimum atomic E-state index is -3.18. The standard InChI is InChI=1S/C6H7Cl3INS/c7-12(8,9,10)6-3-1-5(11)2-4-6/h1-4,12H,11H2. The van der Waals surface area contributed by atoms with Gasteiger partial charge in [-0.3, -0.25) is 0 Å². The van der Waals surface area contributed by atoms with Crippen LogP contribution in [0.1, 0.15) is 0 Å². The molecule has 0 aliphatic rings. The van der Waals surface area contributed by atoms with Crippen LogP contribution < -0.4 is 5.73 Å². The van der Waals surface area contributed by atoms with Crippen molar-refractivity contribution >= 4 is 62.9 Å². The van der Waals surface area contributed by atoms with E-state index in [1.807, 2.05) is 21.2 Å². The fraction of sp³-hybridized carbons (Fsp3) is 0. The number of anilines is 1. The molecule has 70 valence electrons. The molecule has 1 aromatic rings. The van der Waals surface area contributed by atoms with Crippen LogP contribution in [0.3, 0.4) is 0 Å². The molecule has 0 radical (unpaired) electrons. The molecule has 1 aromatic carbocycles. The molecule has 0 aromatic heterocycles. The zero-order valence-electron chi connectivity index (χ0n) is 5.85. The molecule has 0 aliphatic heterocycles. The Morgan fingerprint density at radius 1 is 1.08 bits per heavy atom. The fourth-order valence-corrected chi connectivity index (χ4v) is 3.28. The Labute approximate surface area is 96.9 Å². The minimum absolute atomic E-state index is 0.667. The lowest BCUT2D eigenvalue weighted by Gasteiger charge is -2.36. The first-order valence-electron chi connectivity index (χ1n) is 3.01. The molecule has 0 aliphatic carbocycles. The van der Waals surface area contributed by atoms with Gasteiger partial charge in [0.15, 0.2) is 0 Å². The van der Waals surface area contributed by atoms with E-state index in [-0.39, 0.29) is 0 Å². The number of thiol groups is 1. The maximum absolute atomic E-state index is 5.97. The lowest BCUT2D eigenvalue weighted by molar-refractivity contribution is 1.47. The Balaban J connectivity index is 3.15. The van der Waals surface area contributed by atoms with Crippen LogP contribution >= 0.6 is 57.2 Å². The summed E-state index contributed by atoms with van der Waals surface area (Å²) in [4.78, 5) is 0.723. The molecule has 0 fully saturated rings. The van der Waals surface area contributed by atoms with Crippen molar-refractivity contribution in [3.8, 4) is 0 Å². The predicted octanol–water partition coefficient (Wildman–Crippen LogP) is 4.51. The van der Waals surface area contributed by atoms with E-state index >= 15 is 0 Å². The van der Waals surface area contributed by atoms with Gasteiger partial charge in [-0.2, -0.15) is 0 Å². The number of benzene rings is 1. The molecule has 0 amide bonds. The molecule has 1 rings (SSSR count). The normalized spacial score (nSPS) is 15.2. The Hall–Kier alpha value is 0.970. The van der Waals surface area contributed by atoms with Crippen LogP contribution in [0.5, 0.6) is 0 Å². The van der Waals surface area contributed by atoms with E-state index in [1.54, 1.807) is 24.3 Å². The van der Waals surface area contributed by atoms with Gasteiger partial charge in [0.1, 0.15) is 0 Å². The number of nitrogens with two attached hydrogens (primary N) is 1. The summed E-state index contributed by atoms with van der Waals surface area (Å²) in [5.74, 6) is 0. The van der Waals surface area contributed by atoms with E-state index in [2.05, 4.69) is 0 Å². The summed E-state index contributed by atoms with van der Waals surface area (Å²) in [5, 5.41) is 0. The number of nitrogen functional groups attached to an aromatic ring is 1. The average molecular weight is 358 g/mol. The quantitative estimate of drug-likeness (QED) is 0.431. The molecule has 0 bridgehead atoms. The van der Waals surface area contributed by atoms with Crippen molar-refractivity contribution in [2.75, 3.05) is 5.73 Å². The first-order valence-corrected chi connectivity index (χ1v) is 10.7. The first kappa shape index (κ1) is 11.0. The van der Waals surface area contributed by atoms with Crippen LogP contribution in [-0.4, -0.2) is 0 Å². The van der Waals surface area contributed by atoms with Gasteiger partial charge in [0.2, 0.25) is 0 Å². The Morgan fingerprint density at radius 2 is 1.50 bits per heavy atom. The molecule has 0 unspecified atom stereocenters. The van der Waals surface area contributed by atoms with Crippen molar-refractivity contribution in [2.45, 2.75) is 4.90 Å². The van der Waals surface area contributed by atoms with Crippen molar-refractivity contribution in [3.63, 3.8) is 0 Å². The van der Waals surface area contributed by atoms with E-state index in [0.717, 1.165) is 4.90 Å². The van der Waals surface area contributed by atoms with Crippen molar-refractivity contribution in [1.82, 2.24) is 0 Å². The summed E-state index contributed by atoms with van der Waals surface area (Å²) in [5.41, 5.74) is 6.16. The largest absolute Gasteiger partial charge is 0.399 e. The molecule has 0 heterocycles. The molecule has 0 saturated heterocycles. The third-order valence-electron chi connectivity index (χ3n) is 1.28. The van der Waals surface area contributed by atoms with Gasteiger partial charge in [0, 0.05) is 31.8 Å². The zero-order valence-corrected chi connectivity index (χ0v) is 11.2. The molecule has 1 nitrogen and oxygen atoms in total. The number of halogens is 4. The maximum Gasteiger partial charge on any atom is 0.0314 e. The van der Waals surface area contributed by atoms with E-state index < -0.39 is 3.97 Å². The summed E-state index contributed by atoms with van der Waals surface area (Å²) >= 11 is 1.87. The highest BCUT2D eigenvalue weighted by Crippen LogP contribution is 2.93. The van der Waals surface area contributed by atoms with Crippen LogP contribution in [0.15, 0.2) is 29.2 Å². The molecule has 6 heteroatoms. The van der Waals surface area contributed by atoms with Crippen LogP contribution in [0.4, 0.5) is 5.69 Å². The summed E-state index contributed by atoms with van der Waals surface area (Å²) in [7, 11) is 17.9. The van der Waals surface area contributed by atoms with Crippen molar-refractivity contribution in [1.29, 1.82) is 0 Å². The lowest BCUT2D eigenvalue weighted by atomic mass is 10.3. The molecule has 0 saturated carbocycles. The lowest BCUT2D eigenvalue weighted by Crippen LogP contribution is -1.87. The number of hydrogen-bond donors (Lipinski definition) is 2. The second-order valence-corrected chi connectivity index (χ2v) is 22.8. The molecule has 2 N–H and O–H groups in total. The third kappa shape index (κ3) is 3.03. The summed E-state index contributed by atoms with van der Waals surface area (Å²) in [6.45, 7) is 0. The molecular formula is C6H7Cl3INS. The first-order chi connectivity index (χ1) is 5.26. The molecule has 0 atom stereocenters. The maximum atomic E-state index is 5.97. The van der Waals surface area contributed by atoms with Crippen molar-refractivity contribution in [2.24, 2.45) is 0 Å². The Bertz CT molecular complexity index is 283. The van der Waals surface area contributed by atoms with Gasteiger partial charge >= 0.3 is 0 Å². The second-order valence-electron chi connectivity index (χ2n) is 2.31. The van der Waals surface area contributed by atoms with E-state index in [0.29, 0.717) is 5.69 Å². The topological polar surface area (TPSA) is 26.0 Å². The minimum Gasteiger partial charge on any atom is -0.399 e. The average Bonchev–Trinajstić information content (AvgIpc) is 1.84. The van der Waals surface area contributed by atoms with Crippen LogP contribution in [-0.2, 0) is 0 Å². The van der Waals surface area contributed by atoms with Gasteiger partial charge in [0.25, 0.3) is 0 Å². The fourth-order valence-electron chi connectivity index (χ4n) is 0.700. The number of hydrogen-bond acceptors (Lipinski definition) is 1. The van der Waals surface area contributed by atoms with Gasteiger partial charge in [-0.05, 0) is 60.3 Å². The van der Waals surface area contributed by atoms with Gasteiger partial charge in [-0.1, -0.05) is 0 Å². The van der Waals surface area contributed by atoms with E-state index in [4.69, 9.17) is 37.8 Å². The van der Waals surface area contributed by atoms with Gasteiger partial charge in [-0.25, -0.2) is 0 Å².